The van der Waals surface area contributed by atoms with E-state index in [1.165, 1.54) is 14.2 Å². The number of rotatable bonds is 8. The Labute approximate surface area is 122 Å². The Bertz CT molecular complexity index is 437. The summed E-state index contributed by atoms with van der Waals surface area (Å²) < 4.78 is 20.0. The maximum Gasteiger partial charge on any atom is 0.281 e. The van der Waals surface area contributed by atoms with Crippen molar-refractivity contribution in [2.45, 2.75) is 6.29 Å². The molecule has 0 radical (unpaired) electrons. The fourth-order valence-corrected chi connectivity index (χ4v) is 1.68. The second kappa shape index (κ2) is 8.76. The van der Waals surface area contributed by atoms with E-state index in [4.69, 9.17) is 30.5 Å². The number of amides is 1. The first-order valence-electron chi connectivity index (χ1n) is 5.90. The Morgan fingerprint density at radius 3 is 2.50 bits per heavy atom. The molecule has 112 valence electrons. The molecule has 1 rings (SSSR count). The van der Waals surface area contributed by atoms with Crippen molar-refractivity contribution in [2.24, 2.45) is 0 Å². The molecule has 0 aliphatic carbocycles. The lowest BCUT2D eigenvalue weighted by Gasteiger charge is -2.14. The van der Waals surface area contributed by atoms with Gasteiger partial charge in [0.25, 0.3) is 5.91 Å². The SMILES string of the molecule is COCCOc1ccc(NC(=O)C(OC)OC)cc1Cl. The van der Waals surface area contributed by atoms with Crippen LogP contribution in [0.15, 0.2) is 18.2 Å². The van der Waals surface area contributed by atoms with Gasteiger partial charge in [0.2, 0.25) is 6.29 Å². The number of hydrogen-bond acceptors (Lipinski definition) is 5. The predicted molar refractivity (Wildman–Crippen MR) is 75.3 cm³/mol. The zero-order chi connectivity index (χ0) is 15.0. The first-order valence-corrected chi connectivity index (χ1v) is 6.28. The third kappa shape index (κ3) is 4.97. The van der Waals surface area contributed by atoms with E-state index in [2.05, 4.69) is 5.32 Å². The molecule has 0 saturated heterocycles. The molecule has 1 aromatic rings. The summed E-state index contributed by atoms with van der Waals surface area (Å²) in [4.78, 5) is 11.7. The van der Waals surface area contributed by atoms with E-state index >= 15 is 0 Å². The van der Waals surface area contributed by atoms with Gasteiger partial charge in [-0.05, 0) is 18.2 Å². The predicted octanol–water partition coefficient (Wildman–Crippen LogP) is 1.92. The van der Waals surface area contributed by atoms with Crippen LogP contribution < -0.4 is 10.1 Å². The van der Waals surface area contributed by atoms with Gasteiger partial charge in [0.15, 0.2) is 0 Å². The quantitative estimate of drug-likeness (QED) is 0.587. The molecule has 0 spiro atoms. The Kier molecular flexibility index (Phi) is 7.32. The van der Waals surface area contributed by atoms with Gasteiger partial charge in [-0.3, -0.25) is 4.79 Å². The minimum Gasteiger partial charge on any atom is -0.490 e. The van der Waals surface area contributed by atoms with Crippen LogP contribution in [0.25, 0.3) is 0 Å². The molecular formula is C13H18ClNO5. The normalized spacial score (nSPS) is 10.7. The fourth-order valence-electron chi connectivity index (χ4n) is 1.44. The van der Waals surface area contributed by atoms with Gasteiger partial charge in [-0.1, -0.05) is 11.6 Å². The van der Waals surface area contributed by atoms with Gasteiger partial charge in [-0.25, -0.2) is 0 Å². The minimum absolute atomic E-state index is 0.394. The summed E-state index contributed by atoms with van der Waals surface area (Å²) in [5, 5.41) is 3.02. The van der Waals surface area contributed by atoms with Gasteiger partial charge in [0.05, 0.1) is 11.6 Å². The monoisotopic (exact) mass is 303 g/mol. The number of carbonyl (C=O) groups excluding carboxylic acids is 1. The molecule has 1 N–H and O–H groups in total. The maximum absolute atomic E-state index is 11.7. The molecule has 20 heavy (non-hydrogen) atoms. The summed E-state index contributed by atoms with van der Waals surface area (Å²) in [6.07, 6.45) is -0.966. The zero-order valence-electron chi connectivity index (χ0n) is 11.6. The van der Waals surface area contributed by atoms with Crippen LogP contribution in [-0.2, 0) is 19.0 Å². The minimum atomic E-state index is -0.966. The molecule has 0 atom stereocenters. The molecule has 6 nitrogen and oxygen atoms in total. The first kappa shape index (κ1) is 16.7. The zero-order valence-corrected chi connectivity index (χ0v) is 12.4. The van der Waals surface area contributed by atoms with Crippen LogP contribution in [-0.4, -0.2) is 46.7 Å². The number of anilines is 1. The lowest BCUT2D eigenvalue weighted by Crippen LogP contribution is -2.30. The van der Waals surface area contributed by atoms with Crippen LogP contribution in [0.1, 0.15) is 0 Å². The molecule has 0 aliphatic rings. The second-order valence-corrected chi connectivity index (χ2v) is 4.19. The van der Waals surface area contributed by atoms with Gasteiger partial charge >= 0.3 is 0 Å². The molecular weight excluding hydrogens is 286 g/mol. The van der Waals surface area contributed by atoms with Gasteiger partial charge in [0, 0.05) is 27.0 Å². The van der Waals surface area contributed by atoms with Crippen molar-refractivity contribution in [1.29, 1.82) is 0 Å². The van der Waals surface area contributed by atoms with Crippen molar-refractivity contribution in [2.75, 3.05) is 39.9 Å². The molecule has 0 fully saturated rings. The molecule has 0 unspecified atom stereocenters. The molecule has 7 heteroatoms. The molecule has 0 heterocycles. The molecule has 1 aromatic carbocycles. The average Bonchev–Trinajstić information content (AvgIpc) is 2.43. The van der Waals surface area contributed by atoms with Crippen molar-refractivity contribution >= 4 is 23.2 Å². The topological polar surface area (TPSA) is 66.0 Å². The molecule has 0 aliphatic heterocycles. The Morgan fingerprint density at radius 2 is 1.95 bits per heavy atom. The first-order chi connectivity index (χ1) is 9.62. The molecule has 0 bridgehead atoms. The van der Waals surface area contributed by atoms with E-state index in [0.29, 0.717) is 29.7 Å². The highest BCUT2D eigenvalue weighted by atomic mass is 35.5. The van der Waals surface area contributed by atoms with Crippen molar-refractivity contribution < 1.29 is 23.7 Å². The average molecular weight is 304 g/mol. The molecule has 0 aromatic heterocycles. The van der Waals surface area contributed by atoms with Crippen LogP contribution in [0.4, 0.5) is 5.69 Å². The third-order valence-corrected chi connectivity index (χ3v) is 2.68. The maximum atomic E-state index is 11.7. The van der Waals surface area contributed by atoms with E-state index in [0.717, 1.165) is 0 Å². The summed E-state index contributed by atoms with van der Waals surface area (Å²) >= 11 is 6.06. The molecule has 1 amide bonds. The number of ether oxygens (including phenoxy) is 4. The smallest absolute Gasteiger partial charge is 0.281 e. The Hall–Kier alpha value is -1.34. The van der Waals surface area contributed by atoms with Gasteiger partial charge in [0.1, 0.15) is 12.4 Å². The van der Waals surface area contributed by atoms with Crippen LogP contribution in [0.2, 0.25) is 5.02 Å². The van der Waals surface area contributed by atoms with Crippen LogP contribution in [0.5, 0.6) is 5.75 Å². The number of benzene rings is 1. The number of methoxy groups -OCH3 is 3. The van der Waals surface area contributed by atoms with Crippen molar-refractivity contribution in [3.05, 3.63) is 23.2 Å². The van der Waals surface area contributed by atoms with Gasteiger partial charge in [-0.2, -0.15) is 0 Å². The van der Waals surface area contributed by atoms with Crippen molar-refractivity contribution in [1.82, 2.24) is 0 Å². The van der Waals surface area contributed by atoms with Crippen LogP contribution >= 0.6 is 11.6 Å². The Morgan fingerprint density at radius 1 is 1.25 bits per heavy atom. The highest BCUT2D eigenvalue weighted by Gasteiger charge is 2.17. The lowest BCUT2D eigenvalue weighted by molar-refractivity contribution is -0.153. The van der Waals surface area contributed by atoms with Crippen molar-refractivity contribution in [3.63, 3.8) is 0 Å². The van der Waals surface area contributed by atoms with E-state index < -0.39 is 12.2 Å². The summed E-state index contributed by atoms with van der Waals surface area (Å²) in [6, 6.07) is 4.93. The molecule has 0 saturated carbocycles. The highest BCUT2D eigenvalue weighted by molar-refractivity contribution is 6.32. The lowest BCUT2D eigenvalue weighted by atomic mass is 10.3. The number of hydrogen-bond donors (Lipinski definition) is 1. The third-order valence-electron chi connectivity index (χ3n) is 2.39. The largest absolute Gasteiger partial charge is 0.490 e. The summed E-state index contributed by atoms with van der Waals surface area (Å²) in [5.41, 5.74) is 0.526. The number of nitrogens with one attached hydrogen (secondary N) is 1. The van der Waals surface area contributed by atoms with Crippen molar-refractivity contribution in [3.8, 4) is 5.75 Å². The van der Waals surface area contributed by atoms with E-state index in [1.807, 2.05) is 0 Å². The summed E-state index contributed by atoms with van der Waals surface area (Å²) in [7, 11) is 4.35. The van der Waals surface area contributed by atoms with Crippen LogP contribution in [0.3, 0.4) is 0 Å². The van der Waals surface area contributed by atoms with E-state index in [9.17, 15) is 4.79 Å². The number of halogens is 1. The van der Waals surface area contributed by atoms with Gasteiger partial charge in [-0.15, -0.1) is 0 Å². The van der Waals surface area contributed by atoms with E-state index in [1.54, 1.807) is 25.3 Å². The second-order valence-electron chi connectivity index (χ2n) is 3.78. The standard InChI is InChI=1S/C13H18ClNO5/c1-17-6-7-20-11-5-4-9(8-10(11)14)15-12(16)13(18-2)19-3/h4-5,8,13H,6-7H2,1-3H3,(H,15,16). The van der Waals surface area contributed by atoms with Gasteiger partial charge < -0.3 is 24.3 Å². The Balaban J connectivity index is 2.65. The number of carbonyl (C=O) groups is 1. The highest BCUT2D eigenvalue weighted by Crippen LogP contribution is 2.27. The van der Waals surface area contributed by atoms with E-state index in [-0.39, 0.29) is 0 Å². The fraction of sp³-hybridized carbons (Fsp3) is 0.462. The van der Waals surface area contributed by atoms with Crippen LogP contribution in [0, 0.1) is 0 Å². The summed E-state index contributed by atoms with van der Waals surface area (Å²) in [5.74, 6) is 0.107. The summed E-state index contributed by atoms with van der Waals surface area (Å²) in [6.45, 7) is 0.871.